The van der Waals surface area contributed by atoms with E-state index >= 15 is 0 Å². The van der Waals surface area contributed by atoms with Crippen LogP contribution in [0.5, 0.6) is 0 Å². The Balaban J connectivity index is 0.00000225. The lowest BCUT2D eigenvalue weighted by Gasteiger charge is -2.09. The molecule has 6 N–H and O–H groups in total. The lowest BCUT2D eigenvalue weighted by Crippen LogP contribution is -2.39. The largest absolute Gasteiger partial charge is 0.370 e. The van der Waals surface area contributed by atoms with Gasteiger partial charge in [0, 0.05) is 5.69 Å². The molecular formula is C8H10Cl3N5. The highest BCUT2D eigenvalue weighted by Gasteiger charge is 2.01. The molecule has 8 heteroatoms. The van der Waals surface area contributed by atoms with Crippen LogP contribution in [0.4, 0.5) is 5.69 Å². The van der Waals surface area contributed by atoms with Gasteiger partial charge in [0.1, 0.15) is 0 Å². The third kappa shape index (κ3) is 4.57. The van der Waals surface area contributed by atoms with Crippen molar-refractivity contribution in [2.45, 2.75) is 0 Å². The third-order valence-corrected chi connectivity index (χ3v) is 2.19. The van der Waals surface area contributed by atoms with Crippen molar-refractivity contribution < 1.29 is 0 Å². The van der Waals surface area contributed by atoms with E-state index < -0.39 is 0 Å². The average Bonchev–Trinajstić information content (AvgIpc) is 2.10. The standard InChI is InChI=1S/C8H9Cl2N5.ClH/c9-5-2-1-4(3-6(5)10)14-8(13)15-7(11)12;/h1-3H,(H6,11,12,13,14,15);1H. The van der Waals surface area contributed by atoms with Crippen LogP contribution in [0, 0.1) is 10.8 Å². The molecule has 88 valence electrons. The summed E-state index contributed by atoms with van der Waals surface area (Å²) in [7, 11) is 0. The van der Waals surface area contributed by atoms with Gasteiger partial charge in [-0.15, -0.1) is 12.4 Å². The molecule has 0 radical (unpaired) electrons. The second-order valence-corrected chi connectivity index (χ2v) is 3.48. The SMILES string of the molecule is Cl.N=C(N)NC(=N)Nc1ccc(Cl)c(Cl)c1. The summed E-state index contributed by atoms with van der Waals surface area (Å²) < 4.78 is 0. The molecule has 0 amide bonds. The topological polar surface area (TPSA) is 97.8 Å². The van der Waals surface area contributed by atoms with Crippen LogP contribution in [-0.2, 0) is 0 Å². The normalized spacial score (nSPS) is 8.88. The zero-order valence-corrected chi connectivity index (χ0v) is 10.3. The molecule has 0 aliphatic rings. The number of anilines is 1. The van der Waals surface area contributed by atoms with Crippen molar-refractivity contribution in [2.24, 2.45) is 5.73 Å². The maximum atomic E-state index is 7.36. The van der Waals surface area contributed by atoms with Crippen LogP contribution >= 0.6 is 35.6 Å². The summed E-state index contributed by atoms with van der Waals surface area (Å²) >= 11 is 11.5. The Labute approximate surface area is 109 Å². The zero-order chi connectivity index (χ0) is 11.4. The van der Waals surface area contributed by atoms with Crippen LogP contribution < -0.4 is 16.4 Å². The molecule has 0 aliphatic heterocycles. The highest BCUT2D eigenvalue weighted by atomic mass is 35.5. The summed E-state index contributed by atoms with van der Waals surface area (Å²) in [6, 6.07) is 4.83. The van der Waals surface area contributed by atoms with Crippen LogP contribution in [0.2, 0.25) is 10.0 Å². The molecule has 0 bridgehead atoms. The van der Waals surface area contributed by atoms with Gasteiger partial charge in [-0.05, 0) is 18.2 Å². The minimum Gasteiger partial charge on any atom is -0.370 e. The minimum absolute atomic E-state index is 0. The van der Waals surface area contributed by atoms with E-state index in [1.54, 1.807) is 18.2 Å². The zero-order valence-electron chi connectivity index (χ0n) is 7.97. The molecule has 0 unspecified atom stereocenters. The van der Waals surface area contributed by atoms with Crippen molar-refractivity contribution in [3.8, 4) is 0 Å². The Bertz CT molecular complexity index is 407. The van der Waals surface area contributed by atoms with Crippen molar-refractivity contribution in [1.29, 1.82) is 10.8 Å². The molecule has 0 heterocycles. The third-order valence-electron chi connectivity index (χ3n) is 1.45. The number of halogens is 3. The van der Waals surface area contributed by atoms with Crippen molar-refractivity contribution in [2.75, 3.05) is 5.32 Å². The average molecular weight is 283 g/mol. The monoisotopic (exact) mass is 281 g/mol. The maximum Gasteiger partial charge on any atom is 0.199 e. The molecule has 0 aromatic heterocycles. The Morgan fingerprint density at radius 2 is 1.81 bits per heavy atom. The van der Waals surface area contributed by atoms with Crippen LogP contribution in [0.25, 0.3) is 0 Å². The van der Waals surface area contributed by atoms with Gasteiger partial charge < -0.3 is 11.1 Å². The lowest BCUT2D eigenvalue weighted by molar-refractivity contribution is 1.20. The van der Waals surface area contributed by atoms with Gasteiger partial charge in [-0.3, -0.25) is 16.1 Å². The first-order valence-corrected chi connectivity index (χ1v) is 4.66. The second kappa shape index (κ2) is 6.42. The summed E-state index contributed by atoms with van der Waals surface area (Å²) in [6.07, 6.45) is 0. The summed E-state index contributed by atoms with van der Waals surface area (Å²) in [6.45, 7) is 0. The van der Waals surface area contributed by atoms with E-state index in [1.165, 1.54) is 0 Å². The first-order valence-electron chi connectivity index (χ1n) is 3.90. The van der Waals surface area contributed by atoms with Crippen molar-refractivity contribution >= 4 is 53.2 Å². The number of hydrogen-bond acceptors (Lipinski definition) is 2. The number of nitrogens with two attached hydrogens (primary N) is 1. The van der Waals surface area contributed by atoms with Crippen molar-refractivity contribution in [3.63, 3.8) is 0 Å². The van der Waals surface area contributed by atoms with Gasteiger partial charge in [0.25, 0.3) is 0 Å². The number of hydrogen-bond donors (Lipinski definition) is 5. The van der Waals surface area contributed by atoms with E-state index in [0.717, 1.165) is 0 Å². The molecule has 16 heavy (non-hydrogen) atoms. The fraction of sp³-hybridized carbons (Fsp3) is 0. The van der Waals surface area contributed by atoms with Gasteiger partial charge in [0.2, 0.25) is 0 Å². The molecular weight excluding hydrogens is 272 g/mol. The van der Waals surface area contributed by atoms with Crippen LogP contribution in [0.15, 0.2) is 18.2 Å². The molecule has 5 nitrogen and oxygen atoms in total. The van der Waals surface area contributed by atoms with E-state index in [9.17, 15) is 0 Å². The molecule has 1 rings (SSSR count). The van der Waals surface area contributed by atoms with Gasteiger partial charge in [-0.25, -0.2) is 0 Å². The molecule has 0 spiro atoms. The summed E-state index contributed by atoms with van der Waals surface area (Å²) in [5.41, 5.74) is 5.63. The van der Waals surface area contributed by atoms with Gasteiger partial charge in [0.05, 0.1) is 10.0 Å². The number of nitrogens with one attached hydrogen (secondary N) is 4. The summed E-state index contributed by atoms with van der Waals surface area (Å²) in [4.78, 5) is 0. The Kier molecular flexibility index (Phi) is 5.95. The van der Waals surface area contributed by atoms with Crippen molar-refractivity contribution in [3.05, 3.63) is 28.2 Å². The predicted molar refractivity (Wildman–Crippen MR) is 70.1 cm³/mol. The van der Waals surface area contributed by atoms with Crippen LogP contribution in [-0.4, -0.2) is 11.9 Å². The molecule has 0 saturated carbocycles. The summed E-state index contributed by atoms with van der Waals surface area (Å²) in [5.74, 6) is -0.423. The molecule has 0 fully saturated rings. The highest BCUT2D eigenvalue weighted by molar-refractivity contribution is 6.42. The molecule has 1 aromatic carbocycles. The highest BCUT2D eigenvalue weighted by Crippen LogP contribution is 2.24. The van der Waals surface area contributed by atoms with Crippen LogP contribution in [0.3, 0.4) is 0 Å². The van der Waals surface area contributed by atoms with Crippen LogP contribution in [0.1, 0.15) is 0 Å². The number of guanidine groups is 2. The van der Waals surface area contributed by atoms with E-state index in [-0.39, 0.29) is 24.3 Å². The van der Waals surface area contributed by atoms with Gasteiger partial charge >= 0.3 is 0 Å². The van der Waals surface area contributed by atoms with Gasteiger partial charge in [-0.2, -0.15) is 0 Å². The fourth-order valence-electron chi connectivity index (χ4n) is 0.884. The van der Waals surface area contributed by atoms with E-state index in [0.29, 0.717) is 15.7 Å². The first kappa shape index (κ1) is 14.8. The van der Waals surface area contributed by atoms with E-state index in [1.807, 2.05) is 0 Å². The van der Waals surface area contributed by atoms with Crippen molar-refractivity contribution in [1.82, 2.24) is 5.32 Å². The Morgan fingerprint density at radius 3 is 2.31 bits per heavy atom. The maximum absolute atomic E-state index is 7.36. The number of rotatable bonds is 1. The Morgan fingerprint density at radius 1 is 1.19 bits per heavy atom. The first-order chi connectivity index (χ1) is 6.99. The summed E-state index contributed by atoms with van der Waals surface area (Å²) in [5, 5.41) is 20.0. The second-order valence-electron chi connectivity index (χ2n) is 2.67. The molecule has 0 aliphatic carbocycles. The molecule has 1 aromatic rings. The lowest BCUT2D eigenvalue weighted by atomic mass is 10.3. The van der Waals surface area contributed by atoms with E-state index in [2.05, 4.69) is 10.6 Å². The fourth-order valence-corrected chi connectivity index (χ4v) is 1.18. The molecule has 0 atom stereocenters. The molecule has 0 saturated heterocycles. The minimum atomic E-state index is -0.312. The van der Waals surface area contributed by atoms with Gasteiger partial charge in [0.15, 0.2) is 11.9 Å². The number of benzene rings is 1. The van der Waals surface area contributed by atoms with Gasteiger partial charge in [-0.1, -0.05) is 23.2 Å². The Hall–Kier alpha value is -1.17. The van der Waals surface area contributed by atoms with E-state index in [4.69, 9.17) is 39.8 Å². The predicted octanol–water partition coefficient (Wildman–Crippen LogP) is 2.24. The smallest absolute Gasteiger partial charge is 0.199 e. The quantitative estimate of drug-likeness (QED) is 0.403.